The van der Waals surface area contributed by atoms with Crippen LogP contribution >= 0.6 is 43.5 Å². The molecule has 1 heterocycles. The fraction of sp³-hybridized carbons (Fsp3) is 0.167. The summed E-state index contributed by atoms with van der Waals surface area (Å²) in [5.41, 5.74) is 0.540. The summed E-state index contributed by atoms with van der Waals surface area (Å²) in [6.07, 6.45) is 1.15. The largest absolute Gasteiger partial charge is 0.451 e. The SMILES string of the molecule is CS(=O)(=O)c1ccc(Cl)c(NCc2cc(Br)c(Br)o2)c1. The second-order valence-electron chi connectivity index (χ2n) is 4.10. The van der Waals surface area contributed by atoms with E-state index in [1.54, 1.807) is 6.07 Å². The van der Waals surface area contributed by atoms with E-state index in [0.29, 0.717) is 27.7 Å². The summed E-state index contributed by atoms with van der Waals surface area (Å²) in [5, 5.41) is 3.50. The molecule has 1 N–H and O–H groups in total. The molecule has 2 aromatic rings. The van der Waals surface area contributed by atoms with Crippen LogP contribution in [0.5, 0.6) is 0 Å². The summed E-state index contributed by atoms with van der Waals surface area (Å²) in [6.45, 7) is 0.386. The molecule has 0 saturated carbocycles. The van der Waals surface area contributed by atoms with E-state index in [1.165, 1.54) is 12.1 Å². The number of halogens is 3. The van der Waals surface area contributed by atoms with Crippen LogP contribution in [0.4, 0.5) is 5.69 Å². The average molecular weight is 444 g/mol. The zero-order chi connectivity index (χ0) is 14.9. The van der Waals surface area contributed by atoms with E-state index in [0.717, 1.165) is 10.7 Å². The molecule has 4 nitrogen and oxygen atoms in total. The number of benzene rings is 1. The summed E-state index contributed by atoms with van der Waals surface area (Å²) in [6, 6.07) is 6.34. The lowest BCUT2D eigenvalue weighted by Gasteiger charge is -2.08. The van der Waals surface area contributed by atoms with Crippen molar-refractivity contribution in [3.05, 3.63) is 44.2 Å². The van der Waals surface area contributed by atoms with Gasteiger partial charge in [0, 0.05) is 6.26 Å². The summed E-state index contributed by atoms with van der Waals surface area (Å²) in [4.78, 5) is 0.214. The molecule has 20 heavy (non-hydrogen) atoms. The van der Waals surface area contributed by atoms with Crippen molar-refractivity contribution in [2.75, 3.05) is 11.6 Å². The van der Waals surface area contributed by atoms with Crippen molar-refractivity contribution in [3.8, 4) is 0 Å². The molecule has 0 aliphatic heterocycles. The molecule has 0 bridgehead atoms. The quantitative estimate of drug-likeness (QED) is 0.757. The van der Waals surface area contributed by atoms with Gasteiger partial charge in [0.2, 0.25) is 0 Å². The summed E-state index contributed by atoms with van der Waals surface area (Å²) in [7, 11) is -3.26. The van der Waals surface area contributed by atoms with Crippen LogP contribution in [0.2, 0.25) is 5.02 Å². The number of sulfone groups is 1. The van der Waals surface area contributed by atoms with Crippen LogP contribution in [-0.4, -0.2) is 14.7 Å². The second-order valence-corrected chi connectivity index (χ2v) is 8.10. The molecular weight excluding hydrogens is 433 g/mol. The van der Waals surface area contributed by atoms with Gasteiger partial charge in [-0.25, -0.2) is 8.42 Å². The topological polar surface area (TPSA) is 59.3 Å². The number of nitrogens with one attached hydrogen (secondary N) is 1. The average Bonchev–Trinajstić information content (AvgIpc) is 2.66. The molecule has 0 atom stereocenters. The Morgan fingerprint density at radius 2 is 2.00 bits per heavy atom. The van der Waals surface area contributed by atoms with Crippen molar-refractivity contribution in [1.29, 1.82) is 0 Å². The van der Waals surface area contributed by atoms with Crippen LogP contribution in [-0.2, 0) is 16.4 Å². The van der Waals surface area contributed by atoms with Gasteiger partial charge >= 0.3 is 0 Å². The molecule has 0 saturated heterocycles. The van der Waals surface area contributed by atoms with E-state index in [9.17, 15) is 8.42 Å². The Balaban J connectivity index is 2.21. The van der Waals surface area contributed by atoms with Gasteiger partial charge in [-0.15, -0.1) is 0 Å². The van der Waals surface area contributed by atoms with Crippen LogP contribution < -0.4 is 5.32 Å². The first-order chi connectivity index (χ1) is 9.27. The fourth-order valence-corrected chi connectivity index (χ4v) is 3.02. The number of hydrogen-bond donors (Lipinski definition) is 1. The minimum Gasteiger partial charge on any atom is -0.451 e. The van der Waals surface area contributed by atoms with Crippen molar-refractivity contribution in [2.24, 2.45) is 0 Å². The van der Waals surface area contributed by atoms with E-state index >= 15 is 0 Å². The van der Waals surface area contributed by atoms with Gasteiger partial charge in [0.25, 0.3) is 0 Å². The number of furan rings is 1. The van der Waals surface area contributed by atoms with E-state index < -0.39 is 9.84 Å². The number of hydrogen-bond acceptors (Lipinski definition) is 4. The Hall–Kier alpha value is -0.500. The standard InChI is InChI=1S/C12H10Br2ClNO3S/c1-20(17,18)8-2-3-10(15)11(5-8)16-6-7-4-9(13)12(14)19-7/h2-5,16H,6H2,1H3. The van der Waals surface area contributed by atoms with Crippen molar-refractivity contribution in [2.45, 2.75) is 11.4 Å². The van der Waals surface area contributed by atoms with Crippen LogP contribution in [0.3, 0.4) is 0 Å². The molecule has 0 spiro atoms. The van der Waals surface area contributed by atoms with E-state index in [2.05, 4.69) is 37.2 Å². The molecule has 108 valence electrons. The monoisotopic (exact) mass is 441 g/mol. The lowest BCUT2D eigenvalue weighted by molar-refractivity contribution is 0.494. The smallest absolute Gasteiger partial charge is 0.183 e. The van der Waals surface area contributed by atoms with Crippen LogP contribution in [0.15, 0.2) is 42.7 Å². The normalized spacial score (nSPS) is 11.6. The molecule has 0 fully saturated rings. The molecular formula is C12H10Br2ClNO3S. The Morgan fingerprint density at radius 1 is 1.30 bits per heavy atom. The maximum absolute atomic E-state index is 11.5. The van der Waals surface area contributed by atoms with Gasteiger partial charge in [-0.05, 0) is 56.1 Å². The predicted octanol–water partition coefficient (Wildman–Crippen LogP) is 4.47. The Bertz CT molecular complexity index is 724. The Kier molecular flexibility index (Phi) is 4.84. The van der Waals surface area contributed by atoms with Crippen molar-refractivity contribution in [1.82, 2.24) is 0 Å². The summed E-state index contributed by atoms with van der Waals surface area (Å²) < 4.78 is 29.9. The first-order valence-corrected chi connectivity index (χ1v) is 9.30. The molecule has 0 aliphatic carbocycles. The van der Waals surface area contributed by atoms with Crippen molar-refractivity contribution >= 4 is 59.0 Å². The van der Waals surface area contributed by atoms with Gasteiger partial charge in [-0.3, -0.25) is 0 Å². The first kappa shape index (κ1) is 15.9. The molecule has 0 unspecified atom stereocenters. The number of rotatable bonds is 4. The minimum absolute atomic E-state index is 0.214. The highest BCUT2D eigenvalue weighted by atomic mass is 79.9. The zero-order valence-electron chi connectivity index (χ0n) is 10.3. The van der Waals surface area contributed by atoms with E-state index in [1.807, 2.05) is 6.07 Å². The highest BCUT2D eigenvalue weighted by Gasteiger charge is 2.11. The molecule has 1 aromatic heterocycles. The minimum atomic E-state index is -3.26. The Morgan fingerprint density at radius 3 is 2.55 bits per heavy atom. The zero-order valence-corrected chi connectivity index (χ0v) is 15.0. The molecule has 0 radical (unpaired) electrons. The molecule has 1 aromatic carbocycles. The fourth-order valence-electron chi connectivity index (χ4n) is 1.53. The summed E-state index contributed by atoms with van der Waals surface area (Å²) in [5.74, 6) is 0.685. The van der Waals surface area contributed by atoms with Gasteiger partial charge in [-0.2, -0.15) is 0 Å². The van der Waals surface area contributed by atoms with Crippen molar-refractivity contribution < 1.29 is 12.8 Å². The highest BCUT2D eigenvalue weighted by Crippen LogP contribution is 2.29. The predicted molar refractivity (Wildman–Crippen MR) is 86.0 cm³/mol. The second kappa shape index (κ2) is 6.09. The van der Waals surface area contributed by atoms with E-state index in [4.69, 9.17) is 16.0 Å². The van der Waals surface area contributed by atoms with Crippen LogP contribution in [0.25, 0.3) is 0 Å². The first-order valence-electron chi connectivity index (χ1n) is 5.44. The van der Waals surface area contributed by atoms with E-state index in [-0.39, 0.29) is 4.90 Å². The lowest BCUT2D eigenvalue weighted by atomic mass is 10.3. The van der Waals surface area contributed by atoms with Gasteiger partial charge < -0.3 is 9.73 Å². The Labute approximate surface area is 138 Å². The van der Waals surface area contributed by atoms with Gasteiger partial charge in [-0.1, -0.05) is 11.6 Å². The highest BCUT2D eigenvalue weighted by molar-refractivity contribution is 9.13. The molecule has 0 amide bonds. The molecule has 0 aliphatic rings. The van der Waals surface area contributed by atoms with Crippen molar-refractivity contribution in [3.63, 3.8) is 0 Å². The third-order valence-corrected chi connectivity index (χ3v) is 5.67. The van der Waals surface area contributed by atoms with Gasteiger partial charge in [0.05, 0.1) is 26.6 Å². The summed E-state index contributed by atoms with van der Waals surface area (Å²) >= 11 is 12.6. The maximum atomic E-state index is 11.5. The van der Waals surface area contributed by atoms with Gasteiger partial charge in [0.1, 0.15) is 5.76 Å². The lowest BCUT2D eigenvalue weighted by Crippen LogP contribution is -2.02. The third kappa shape index (κ3) is 3.78. The van der Waals surface area contributed by atoms with Gasteiger partial charge in [0.15, 0.2) is 14.5 Å². The number of anilines is 1. The third-order valence-electron chi connectivity index (χ3n) is 2.52. The van der Waals surface area contributed by atoms with Crippen LogP contribution in [0.1, 0.15) is 5.76 Å². The molecule has 2 rings (SSSR count). The maximum Gasteiger partial charge on any atom is 0.183 e. The van der Waals surface area contributed by atoms with Crippen LogP contribution in [0, 0.1) is 0 Å². The molecule has 8 heteroatoms.